The van der Waals surface area contributed by atoms with Crippen molar-refractivity contribution in [1.82, 2.24) is 4.90 Å². The Morgan fingerprint density at radius 2 is 2.15 bits per heavy atom. The summed E-state index contributed by atoms with van der Waals surface area (Å²) in [4.78, 5) is 25.3. The first-order valence-electron chi connectivity index (χ1n) is 6.48. The van der Waals surface area contributed by atoms with Crippen molar-refractivity contribution in [3.63, 3.8) is 0 Å². The van der Waals surface area contributed by atoms with Gasteiger partial charge in [-0.3, -0.25) is 4.79 Å². The van der Waals surface area contributed by atoms with Gasteiger partial charge in [0.25, 0.3) is 5.91 Å². The van der Waals surface area contributed by atoms with Crippen LogP contribution in [0.4, 0.5) is 8.78 Å². The third kappa shape index (κ3) is 2.64. The number of nitrogens with zero attached hydrogens (tertiary/aromatic N) is 1. The monoisotopic (exact) mass is 283 g/mol. The van der Waals surface area contributed by atoms with Crippen molar-refractivity contribution in [2.24, 2.45) is 0 Å². The molecule has 1 saturated heterocycles. The average Bonchev–Trinajstić information content (AvgIpc) is 2.91. The Kier molecular flexibility index (Phi) is 4.32. The number of hydrogen-bond donors (Lipinski definition) is 0. The van der Waals surface area contributed by atoms with Gasteiger partial charge in [0, 0.05) is 6.54 Å². The number of hydrogen-bond acceptors (Lipinski definition) is 3. The maximum atomic E-state index is 13.6. The Balaban J connectivity index is 2.23. The molecule has 1 fully saturated rings. The minimum atomic E-state index is -1.19. The van der Waals surface area contributed by atoms with Crippen LogP contribution >= 0.6 is 0 Å². The molecule has 1 aromatic carbocycles. The van der Waals surface area contributed by atoms with Gasteiger partial charge in [-0.25, -0.2) is 13.6 Å². The molecular formula is C14H15F2NO3. The summed E-state index contributed by atoms with van der Waals surface area (Å²) in [7, 11) is 0. The SMILES string of the molecule is CCOC(=O)C1CCCN1C(=O)c1cccc(F)c1F. The predicted octanol–water partition coefficient (Wildman–Crippen LogP) is 2.13. The molecule has 0 bridgehead atoms. The molecule has 1 atom stereocenters. The number of carbonyl (C=O) groups is 2. The zero-order valence-corrected chi connectivity index (χ0v) is 11.1. The van der Waals surface area contributed by atoms with Gasteiger partial charge in [-0.15, -0.1) is 0 Å². The van der Waals surface area contributed by atoms with Gasteiger partial charge >= 0.3 is 5.97 Å². The number of amides is 1. The van der Waals surface area contributed by atoms with Crippen molar-refractivity contribution in [2.45, 2.75) is 25.8 Å². The molecule has 20 heavy (non-hydrogen) atoms. The van der Waals surface area contributed by atoms with Crippen LogP contribution in [-0.2, 0) is 9.53 Å². The van der Waals surface area contributed by atoms with E-state index >= 15 is 0 Å². The molecule has 0 saturated carbocycles. The topological polar surface area (TPSA) is 46.6 Å². The van der Waals surface area contributed by atoms with E-state index in [1.54, 1.807) is 6.92 Å². The van der Waals surface area contributed by atoms with E-state index in [1.807, 2.05) is 0 Å². The second-order valence-corrected chi connectivity index (χ2v) is 4.51. The van der Waals surface area contributed by atoms with Gasteiger partial charge < -0.3 is 9.64 Å². The van der Waals surface area contributed by atoms with E-state index in [0.717, 1.165) is 6.07 Å². The van der Waals surface area contributed by atoms with Crippen molar-refractivity contribution in [3.05, 3.63) is 35.4 Å². The summed E-state index contributed by atoms with van der Waals surface area (Å²) >= 11 is 0. The molecule has 0 spiro atoms. The summed E-state index contributed by atoms with van der Waals surface area (Å²) < 4.78 is 31.7. The van der Waals surface area contributed by atoms with Crippen molar-refractivity contribution in [2.75, 3.05) is 13.2 Å². The van der Waals surface area contributed by atoms with Crippen molar-refractivity contribution >= 4 is 11.9 Å². The Labute approximate surface area is 115 Å². The van der Waals surface area contributed by atoms with Crippen LogP contribution in [0.15, 0.2) is 18.2 Å². The van der Waals surface area contributed by atoms with E-state index in [2.05, 4.69) is 0 Å². The molecule has 1 aliphatic rings. The maximum Gasteiger partial charge on any atom is 0.328 e. The van der Waals surface area contributed by atoms with Crippen molar-refractivity contribution in [3.8, 4) is 0 Å². The lowest BCUT2D eigenvalue weighted by Gasteiger charge is -2.23. The Hall–Kier alpha value is -1.98. The summed E-state index contributed by atoms with van der Waals surface area (Å²) in [5.74, 6) is -3.46. The molecule has 0 aromatic heterocycles. The lowest BCUT2D eigenvalue weighted by Crippen LogP contribution is -2.41. The van der Waals surface area contributed by atoms with Crippen LogP contribution in [0.2, 0.25) is 0 Å². The largest absolute Gasteiger partial charge is 0.464 e. The summed E-state index contributed by atoms with van der Waals surface area (Å²) in [5, 5.41) is 0. The van der Waals surface area contributed by atoms with E-state index in [4.69, 9.17) is 4.74 Å². The van der Waals surface area contributed by atoms with Crippen LogP contribution in [0.25, 0.3) is 0 Å². The van der Waals surface area contributed by atoms with Crippen LogP contribution in [0.3, 0.4) is 0 Å². The molecule has 1 aromatic rings. The summed E-state index contributed by atoms with van der Waals surface area (Å²) in [6.45, 7) is 2.22. The predicted molar refractivity (Wildman–Crippen MR) is 67.0 cm³/mol. The van der Waals surface area contributed by atoms with E-state index in [-0.39, 0.29) is 12.2 Å². The van der Waals surface area contributed by atoms with E-state index in [0.29, 0.717) is 19.4 Å². The number of ether oxygens (including phenoxy) is 1. The van der Waals surface area contributed by atoms with Gasteiger partial charge in [-0.05, 0) is 31.9 Å². The van der Waals surface area contributed by atoms with Crippen molar-refractivity contribution in [1.29, 1.82) is 0 Å². The van der Waals surface area contributed by atoms with Crippen LogP contribution in [0, 0.1) is 11.6 Å². The van der Waals surface area contributed by atoms with Crippen LogP contribution in [-0.4, -0.2) is 36.0 Å². The number of carbonyl (C=O) groups excluding carboxylic acids is 2. The molecule has 2 rings (SSSR count). The normalized spacial score (nSPS) is 18.1. The first-order chi connectivity index (χ1) is 9.56. The molecule has 1 unspecified atom stereocenters. The molecule has 6 heteroatoms. The summed E-state index contributed by atoms with van der Waals surface area (Å²) in [6, 6.07) is 2.70. The average molecular weight is 283 g/mol. The minimum Gasteiger partial charge on any atom is -0.464 e. The highest BCUT2D eigenvalue weighted by molar-refractivity contribution is 5.97. The Morgan fingerprint density at radius 3 is 2.85 bits per heavy atom. The second kappa shape index (κ2) is 5.98. The third-order valence-electron chi connectivity index (χ3n) is 3.25. The Bertz CT molecular complexity index is 533. The number of halogens is 2. The molecule has 0 radical (unpaired) electrons. The van der Waals surface area contributed by atoms with E-state index in [1.165, 1.54) is 17.0 Å². The van der Waals surface area contributed by atoms with Gasteiger partial charge in [-0.2, -0.15) is 0 Å². The number of benzene rings is 1. The number of rotatable bonds is 3. The third-order valence-corrected chi connectivity index (χ3v) is 3.25. The smallest absolute Gasteiger partial charge is 0.328 e. The fourth-order valence-electron chi connectivity index (χ4n) is 2.32. The first kappa shape index (κ1) is 14.4. The molecule has 4 nitrogen and oxygen atoms in total. The minimum absolute atomic E-state index is 0.214. The number of likely N-dealkylation sites (tertiary alicyclic amines) is 1. The molecule has 0 N–H and O–H groups in total. The van der Waals surface area contributed by atoms with Crippen LogP contribution < -0.4 is 0 Å². The number of esters is 1. The lowest BCUT2D eigenvalue weighted by molar-refractivity contribution is -0.147. The van der Waals surface area contributed by atoms with E-state index < -0.39 is 29.6 Å². The second-order valence-electron chi connectivity index (χ2n) is 4.51. The molecule has 1 aliphatic heterocycles. The molecule has 0 aliphatic carbocycles. The standard InChI is InChI=1S/C14H15F2NO3/c1-2-20-14(19)11-7-4-8-17(11)13(18)9-5-3-6-10(15)12(9)16/h3,5-6,11H,2,4,7-8H2,1H3. The molecule has 1 amide bonds. The van der Waals surface area contributed by atoms with Gasteiger partial charge in [0.2, 0.25) is 0 Å². The molecule has 1 heterocycles. The zero-order chi connectivity index (χ0) is 14.7. The fraction of sp³-hybridized carbons (Fsp3) is 0.429. The van der Waals surface area contributed by atoms with Gasteiger partial charge in [-0.1, -0.05) is 6.07 Å². The fourth-order valence-corrected chi connectivity index (χ4v) is 2.32. The first-order valence-corrected chi connectivity index (χ1v) is 6.48. The van der Waals surface area contributed by atoms with Gasteiger partial charge in [0.05, 0.1) is 12.2 Å². The summed E-state index contributed by atoms with van der Waals surface area (Å²) in [6.07, 6.45) is 1.10. The van der Waals surface area contributed by atoms with Crippen molar-refractivity contribution < 1.29 is 23.1 Å². The highest BCUT2D eigenvalue weighted by Gasteiger charge is 2.36. The lowest BCUT2D eigenvalue weighted by atomic mass is 10.1. The van der Waals surface area contributed by atoms with E-state index in [9.17, 15) is 18.4 Å². The summed E-state index contributed by atoms with van der Waals surface area (Å²) in [5.41, 5.74) is -0.360. The zero-order valence-electron chi connectivity index (χ0n) is 11.1. The maximum absolute atomic E-state index is 13.6. The van der Waals surface area contributed by atoms with Gasteiger partial charge in [0.15, 0.2) is 11.6 Å². The molecule has 108 valence electrons. The van der Waals surface area contributed by atoms with Crippen LogP contribution in [0.1, 0.15) is 30.1 Å². The Morgan fingerprint density at radius 1 is 1.40 bits per heavy atom. The highest BCUT2D eigenvalue weighted by atomic mass is 19.2. The van der Waals surface area contributed by atoms with Gasteiger partial charge in [0.1, 0.15) is 6.04 Å². The quantitative estimate of drug-likeness (QED) is 0.798. The highest BCUT2D eigenvalue weighted by Crippen LogP contribution is 2.23. The molecular weight excluding hydrogens is 268 g/mol. The van der Waals surface area contributed by atoms with Crippen LogP contribution in [0.5, 0.6) is 0 Å².